The Kier molecular flexibility index (Phi) is 11.1. The topological polar surface area (TPSA) is 114 Å². The van der Waals surface area contributed by atoms with Crippen LogP contribution in [-0.4, -0.2) is 56.2 Å². The van der Waals surface area contributed by atoms with Crippen LogP contribution in [0.25, 0.3) is 34.0 Å². The molecule has 0 bridgehead atoms. The molecule has 2 saturated heterocycles. The van der Waals surface area contributed by atoms with Crippen molar-refractivity contribution in [2.24, 2.45) is 0 Å². The van der Waals surface area contributed by atoms with Gasteiger partial charge in [0.2, 0.25) is 17.7 Å². The molecule has 52 heavy (non-hydrogen) atoms. The number of nitrogens with one attached hydrogen (secondary N) is 4. The van der Waals surface area contributed by atoms with Gasteiger partial charge in [-0.2, -0.15) is 0 Å². The second-order valence-electron chi connectivity index (χ2n) is 13.6. The van der Waals surface area contributed by atoms with Gasteiger partial charge in [0.25, 0.3) is 0 Å². The summed E-state index contributed by atoms with van der Waals surface area (Å²) in [5.74, 6) is 1.59. The highest BCUT2D eigenvalue weighted by molar-refractivity contribution is 6.38. The zero-order chi connectivity index (χ0) is 36.2. The summed E-state index contributed by atoms with van der Waals surface area (Å²) < 4.78 is 11.5. The Morgan fingerprint density at radius 2 is 1.40 bits per heavy atom. The summed E-state index contributed by atoms with van der Waals surface area (Å²) in [5.41, 5.74) is 9.74. The Morgan fingerprint density at radius 3 is 2.06 bits per heavy atom. The molecule has 0 saturated carbocycles. The maximum atomic E-state index is 11.6. The van der Waals surface area contributed by atoms with Crippen LogP contribution in [0.3, 0.4) is 0 Å². The summed E-state index contributed by atoms with van der Waals surface area (Å²) >= 11 is 14.3. The van der Waals surface area contributed by atoms with Gasteiger partial charge in [-0.05, 0) is 66.2 Å². The molecule has 7 rings (SSSR count). The molecule has 0 radical (unpaired) electrons. The van der Waals surface area contributed by atoms with Crippen LogP contribution in [-0.2, 0) is 29.1 Å². The molecule has 270 valence electrons. The highest BCUT2D eigenvalue weighted by Gasteiger charge is 2.24. The number of benzene rings is 3. The summed E-state index contributed by atoms with van der Waals surface area (Å²) in [7, 11) is 3.32. The number of nitrogens with zero attached hydrogens (tertiary/aromatic N) is 1. The molecular weight excluding hydrogens is 697 g/mol. The molecule has 1 aliphatic carbocycles. The molecule has 9 nitrogen and oxygen atoms in total. The monoisotopic (exact) mass is 739 g/mol. The summed E-state index contributed by atoms with van der Waals surface area (Å²) in [5, 5.41) is 14.1. The Morgan fingerprint density at radius 1 is 0.750 bits per heavy atom. The second-order valence-corrected chi connectivity index (χ2v) is 14.4. The third-order valence-corrected chi connectivity index (χ3v) is 11.0. The molecule has 0 spiro atoms. The second kappa shape index (κ2) is 16.1. The van der Waals surface area contributed by atoms with Crippen molar-refractivity contribution in [3.8, 4) is 34.0 Å². The number of methoxy groups -OCH3 is 2. The van der Waals surface area contributed by atoms with Crippen molar-refractivity contribution < 1.29 is 19.1 Å². The van der Waals surface area contributed by atoms with Crippen LogP contribution in [0.1, 0.15) is 59.9 Å². The van der Waals surface area contributed by atoms with Gasteiger partial charge in [0.05, 0.1) is 30.0 Å². The molecule has 0 unspecified atom stereocenters. The lowest BCUT2D eigenvalue weighted by molar-refractivity contribution is -0.120. The van der Waals surface area contributed by atoms with E-state index >= 15 is 0 Å². The minimum atomic E-state index is 0.105. The van der Waals surface area contributed by atoms with Crippen molar-refractivity contribution in [3.63, 3.8) is 0 Å². The largest absolute Gasteiger partial charge is 0.496 e. The number of hydrogen-bond acceptors (Lipinski definition) is 7. The van der Waals surface area contributed by atoms with E-state index in [0.717, 1.165) is 71.4 Å². The summed E-state index contributed by atoms with van der Waals surface area (Å²) in [6, 6.07) is 20.6. The SMILES string of the molecule is COc1cc2c(cc1CNC[C@H]1CCC(=O)N1)CC/C2=C/c1cccc(-c2cccc(-c3ccc(CNC[C@@H]4CCC(=O)N4)c(OC)n3)c2Cl)c1Cl. The number of halogens is 2. The number of carbonyl (C=O) groups is 2. The highest BCUT2D eigenvalue weighted by atomic mass is 35.5. The summed E-state index contributed by atoms with van der Waals surface area (Å²) in [6.45, 7) is 2.65. The zero-order valence-electron chi connectivity index (χ0n) is 29.4. The van der Waals surface area contributed by atoms with Crippen molar-refractivity contribution in [1.82, 2.24) is 26.3 Å². The molecule has 11 heteroatoms. The van der Waals surface area contributed by atoms with E-state index in [1.807, 2.05) is 48.5 Å². The number of allylic oxidation sites excluding steroid dienone is 1. The number of pyridine rings is 1. The zero-order valence-corrected chi connectivity index (χ0v) is 30.9. The van der Waals surface area contributed by atoms with Crippen molar-refractivity contribution in [2.45, 2.75) is 63.7 Å². The van der Waals surface area contributed by atoms with Crippen LogP contribution in [0.4, 0.5) is 0 Å². The van der Waals surface area contributed by atoms with Crippen LogP contribution < -0.4 is 30.7 Å². The van der Waals surface area contributed by atoms with E-state index in [1.54, 1.807) is 14.2 Å². The first-order chi connectivity index (χ1) is 25.3. The Hall–Kier alpha value is -4.41. The number of rotatable bonds is 13. The molecule has 3 aromatic carbocycles. The first-order valence-electron chi connectivity index (χ1n) is 17.8. The van der Waals surface area contributed by atoms with Gasteiger partial charge < -0.3 is 30.7 Å². The van der Waals surface area contributed by atoms with Gasteiger partial charge in [0, 0.05) is 78.9 Å². The van der Waals surface area contributed by atoms with Crippen LogP contribution in [0.5, 0.6) is 11.6 Å². The maximum absolute atomic E-state index is 11.6. The molecule has 1 aromatic heterocycles. The van der Waals surface area contributed by atoms with Crippen LogP contribution in [0.15, 0.2) is 60.7 Å². The van der Waals surface area contributed by atoms with Gasteiger partial charge in [-0.1, -0.05) is 71.7 Å². The number of amides is 2. The lowest BCUT2D eigenvalue weighted by Gasteiger charge is -2.16. The third-order valence-electron chi connectivity index (χ3n) is 10.2. The number of fused-ring (bicyclic) bond motifs is 1. The lowest BCUT2D eigenvalue weighted by atomic mass is 9.97. The Balaban J connectivity index is 1.09. The minimum absolute atomic E-state index is 0.105. The number of aryl methyl sites for hydroxylation is 1. The van der Waals surface area contributed by atoms with Gasteiger partial charge in [0.15, 0.2) is 0 Å². The van der Waals surface area contributed by atoms with E-state index in [-0.39, 0.29) is 23.9 Å². The van der Waals surface area contributed by atoms with Crippen molar-refractivity contribution in [3.05, 3.63) is 98.5 Å². The van der Waals surface area contributed by atoms with Crippen molar-refractivity contribution in [2.75, 3.05) is 27.3 Å². The predicted octanol–water partition coefficient (Wildman–Crippen LogP) is 6.96. The molecular formula is C41H43Cl2N5O4. The van der Waals surface area contributed by atoms with Gasteiger partial charge in [-0.15, -0.1) is 0 Å². The normalized spacial score (nSPS) is 18.8. The first-order valence-corrected chi connectivity index (χ1v) is 18.6. The fraction of sp³-hybridized carbons (Fsp3) is 0.341. The van der Waals surface area contributed by atoms with E-state index in [1.165, 1.54) is 16.7 Å². The molecule has 2 atom stereocenters. The molecule has 3 heterocycles. The molecule has 2 amide bonds. The standard InChI is InChI=1S/C41H43Cl2N5O4/c1-51-36-19-34-24(9-10-25(34)18-28(36)21-45-23-30-13-16-38(50)47-30)17-26-5-3-6-31(39(26)42)32-7-4-8-33(40(32)43)35-14-11-27(41(48-35)52-2)20-44-22-29-12-15-37(49)46-29/h3-8,11,14,17-19,29-30,44-45H,9-10,12-13,15-16,20-23H2,1-2H3,(H,46,49)(H,47,50)/b24-17-/t29-,30+/m0/s1. The fourth-order valence-electron chi connectivity index (χ4n) is 7.41. The number of ether oxygens (including phenoxy) is 2. The predicted molar refractivity (Wildman–Crippen MR) is 207 cm³/mol. The van der Waals surface area contributed by atoms with Gasteiger partial charge in [0.1, 0.15) is 5.75 Å². The van der Waals surface area contributed by atoms with Gasteiger partial charge in [-0.3, -0.25) is 9.59 Å². The Labute approximate surface area is 314 Å². The van der Waals surface area contributed by atoms with Crippen molar-refractivity contribution in [1.29, 1.82) is 0 Å². The molecule has 4 N–H and O–H groups in total. The van der Waals surface area contributed by atoms with E-state index in [0.29, 0.717) is 54.1 Å². The quantitative estimate of drug-likeness (QED) is 0.117. The molecule has 2 fully saturated rings. The number of aromatic nitrogens is 1. The minimum Gasteiger partial charge on any atom is -0.496 e. The fourth-order valence-corrected chi connectivity index (χ4v) is 8.02. The highest BCUT2D eigenvalue weighted by Crippen LogP contribution is 2.43. The van der Waals surface area contributed by atoms with Gasteiger partial charge >= 0.3 is 0 Å². The molecule has 3 aliphatic rings. The summed E-state index contributed by atoms with van der Waals surface area (Å²) in [4.78, 5) is 27.9. The van der Waals surface area contributed by atoms with E-state index in [2.05, 4.69) is 39.5 Å². The van der Waals surface area contributed by atoms with E-state index in [9.17, 15) is 9.59 Å². The van der Waals surface area contributed by atoms with E-state index < -0.39 is 0 Å². The van der Waals surface area contributed by atoms with Crippen molar-refractivity contribution >= 4 is 46.7 Å². The van der Waals surface area contributed by atoms with E-state index in [4.69, 9.17) is 37.7 Å². The average molecular weight is 741 g/mol. The molecule has 4 aromatic rings. The Bertz CT molecular complexity index is 2030. The first kappa shape index (κ1) is 36.0. The van der Waals surface area contributed by atoms with Crippen LogP contribution in [0, 0.1) is 0 Å². The maximum Gasteiger partial charge on any atom is 0.220 e. The van der Waals surface area contributed by atoms with Gasteiger partial charge in [-0.25, -0.2) is 4.98 Å². The summed E-state index contributed by atoms with van der Waals surface area (Å²) in [6.07, 6.45) is 6.90. The lowest BCUT2D eigenvalue weighted by Crippen LogP contribution is -2.35. The number of hydrogen-bond donors (Lipinski definition) is 4. The van der Waals surface area contributed by atoms with Crippen LogP contribution >= 0.6 is 23.2 Å². The smallest absolute Gasteiger partial charge is 0.220 e. The average Bonchev–Trinajstić information content (AvgIpc) is 3.88. The third kappa shape index (κ3) is 7.83. The van der Waals surface area contributed by atoms with Crippen LogP contribution in [0.2, 0.25) is 10.0 Å². The number of carbonyl (C=O) groups excluding carboxylic acids is 2. The molecule has 2 aliphatic heterocycles.